The molecule has 1 N–H and O–H groups in total. The van der Waals surface area contributed by atoms with E-state index in [1.54, 1.807) is 7.05 Å². The number of ether oxygens (including phenoxy) is 1. The molecule has 2 heterocycles. The predicted octanol–water partition coefficient (Wildman–Crippen LogP) is 3.22. The van der Waals surface area contributed by atoms with Crippen LogP contribution in [0.5, 0.6) is 0 Å². The van der Waals surface area contributed by atoms with Gasteiger partial charge in [-0.1, -0.05) is 18.2 Å². The van der Waals surface area contributed by atoms with Gasteiger partial charge in [0.15, 0.2) is 0 Å². The van der Waals surface area contributed by atoms with E-state index in [9.17, 15) is 4.79 Å². The molecule has 134 valence electrons. The molecule has 0 saturated carbocycles. The Morgan fingerprint density at radius 3 is 2.96 bits per heavy atom. The first-order chi connectivity index (χ1) is 12.0. The molecule has 1 amide bonds. The maximum absolute atomic E-state index is 11.6. The third-order valence-corrected chi connectivity index (χ3v) is 4.88. The minimum Gasteiger partial charge on any atom is -0.376 e. The Morgan fingerprint density at radius 2 is 2.20 bits per heavy atom. The van der Waals surface area contributed by atoms with Gasteiger partial charge in [-0.05, 0) is 44.7 Å². The number of hydrogen-bond donors (Lipinski definition) is 1. The van der Waals surface area contributed by atoms with Crippen molar-refractivity contribution in [1.82, 2.24) is 14.9 Å². The Hall–Kier alpha value is -2.14. The standard InChI is InChI=1S/C20H27N3O2/c1-20(2)14-16(10-13-25-20)19-22-11-12-23(19)17-7-5-4-6-15(17)8-9-18(24)21-3/h4-7,11-12,16H,8-10,13-14H2,1-3H3,(H,21,24). The zero-order valence-electron chi connectivity index (χ0n) is 15.3. The van der Waals surface area contributed by atoms with E-state index in [1.165, 1.54) is 0 Å². The van der Waals surface area contributed by atoms with Crippen molar-refractivity contribution in [3.05, 3.63) is 48.0 Å². The van der Waals surface area contributed by atoms with E-state index >= 15 is 0 Å². The maximum Gasteiger partial charge on any atom is 0.220 e. The molecule has 5 heteroatoms. The molecule has 1 aliphatic rings. The third kappa shape index (κ3) is 4.10. The number of carbonyl (C=O) groups is 1. The first kappa shape index (κ1) is 17.7. The molecule has 3 rings (SSSR count). The number of carbonyl (C=O) groups excluding carboxylic acids is 1. The fraction of sp³-hybridized carbons (Fsp3) is 0.500. The average molecular weight is 341 g/mol. The number of nitrogens with one attached hydrogen (secondary N) is 1. The van der Waals surface area contributed by atoms with Crippen molar-refractivity contribution in [2.75, 3.05) is 13.7 Å². The molecule has 0 spiro atoms. The van der Waals surface area contributed by atoms with Crippen molar-refractivity contribution in [3.63, 3.8) is 0 Å². The summed E-state index contributed by atoms with van der Waals surface area (Å²) in [4.78, 5) is 16.3. The smallest absolute Gasteiger partial charge is 0.220 e. The van der Waals surface area contributed by atoms with E-state index in [0.717, 1.165) is 36.5 Å². The van der Waals surface area contributed by atoms with Crippen LogP contribution >= 0.6 is 0 Å². The highest BCUT2D eigenvalue weighted by Gasteiger charge is 2.32. The summed E-state index contributed by atoms with van der Waals surface area (Å²) in [6, 6.07) is 8.26. The summed E-state index contributed by atoms with van der Waals surface area (Å²) in [5.74, 6) is 1.53. The lowest BCUT2D eigenvalue weighted by molar-refractivity contribution is -0.120. The highest BCUT2D eigenvalue weighted by molar-refractivity contribution is 5.75. The second kappa shape index (κ2) is 7.40. The molecule has 5 nitrogen and oxygen atoms in total. The number of imidazole rings is 1. The van der Waals surface area contributed by atoms with Gasteiger partial charge < -0.3 is 14.6 Å². The van der Waals surface area contributed by atoms with Gasteiger partial charge in [-0.3, -0.25) is 4.79 Å². The first-order valence-electron chi connectivity index (χ1n) is 8.96. The Bertz CT molecular complexity index is 736. The quantitative estimate of drug-likeness (QED) is 0.908. The van der Waals surface area contributed by atoms with Gasteiger partial charge in [-0.2, -0.15) is 0 Å². The summed E-state index contributed by atoms with van der Waals surface area (Å²) < 4.78 is 8.04. The van der Waals surface area contributed by atoms with E-state index in [2.05, 4.69) is 40.8 Å². The fourth-order valence-electron chi connectivity index (χ4n) is 3.60. The van der Waals surface area contributed by atoms with E-state index < -0.39 is 0 Å². The summed E-state index contributed by atoms with van der Waals surface area (Å²) >= 11 is 0. The van der Waals surface area contributed by atoms with Crippen LogP contribution in [0.15, 0.2) is 36.7 Å². The second-order valence-corrected chi connectivity index (χ2v) is 7.26. The predicted molar refractivity (Wildman–Crippen MR) is 98.0 cm³/mol. The first-order valence-corrected chi connectivity index (χ1v) is 8.96. The maximum atomic E-state index is 11.6. The summed E-state index contributed by atoms with van der Waals surface area (Å²) in [5.41, 5.74) is 2.16. The van der Waals surface area contributed by atoms with Crippen LogP contribution in [0.2, 0.25) is 0 Å². The molecule has 0 aliphatic carbocycles. The summed E-state index contributed by atoms with van der Waals surface area (Å²) in [5, 5.41) is 2.69. The van der Waals surface area contributed by atoms with Crippen molar-refractivity contribution >= 4 is 5.91 Å². The van der Waals surface area contributed by atoms with Crippen molar-refractivity contribution in [2.24, 2.45) is 0 Å². The number of aryl methyl sites for hydroxylation is 1. The molecule has 1 unspecified atom stereocenters. The topological polar surface area (TPSA) is 56.2 Å². The minimum atomic E-state index is -0.113. The molecule has 1 aromatic carbocycles. The number of rotatable bonds is 5. The van der Waals surface area contributed by atoms with Crippen LogP contribution < -0.4 is 5.32 Å². The molecule has 1 atom stereocenters. The van der Waals surface area contributed by atoms with Gasteiger partial charge in [-0.15, -0.1) is 0 Å². The average Bonchev–Trinajstić information content (AvgIpc) is 3.08. The summed E-state index contributed by atoms with van der Waals surface area (Å²) in [6.45, 7) is 5.05. The fourth-order valence-corrected chi connectivity index (χ4v) is 3.60. The van der Waals surface area contributed by atoms with Crippen molar-refractivity contribution in [2.45, 2.75) is 51.0 Å². The van der Waals surface area contributed by atoms with E-state index in [-0.39, 0.29) is 11.5 Å². The van der Waals surface area contributed by atoms with Gasteiger partial charge in [-0.25, -0.2) is 4.98 Å². The van der Waals surface area contributed by atoms with Crippen LogP contribution in [-0.4, -0.2) is 34.7 Å². The van der Waals surface area contributed by atoms with E-state index in [1.807, 2.05) is 24.5 Å². The van der Waals surface area contributed by atoms with Gasteiger partial charge in [0.05, 0.1) is 5.60 Å². The van der Waals surface area contributed by atoms with Crippen molar-refractivity contribution in [3.8, 4) is 5.69 Å². The van der Waals surface area contributed by atoms with Gasteiger partial charge in [0.1, 0.15) is 5.82 Å². The van der Waals surface area contributed by atoms with Crippen LogP contribution in [0, 0.1) is 0 Å². The van der Waals surface area contributed by atoms with E-state index in [4.69, 9.17) is 4.74 Å². The summed E-state index contributed by atoms with van der Waals surface area (Å²) in [6.07, 6.45) is 7.05. The van der Waals surface area contributed by atoms with Crippen LogP contribution in [0.25, 0.3) is 5.69 Å². The molecule has 25 heavy (non-hydrogen) atoms. The summed E-state index contributed by atoms with van der Waals surface area (Å²) in [7, 11) is 1.68. The molecule has 1 saturated heterocycles. The Balaban J connectivity index is 1.88. The van der Waals surface area contributed by atoms with Gasteiger partial charge in [0.25, 0.3) is 0 Å². The number of para-hydroxylation sites is 1. The van der Waals surface area contributed by atoms with Gasteiger partial charge in [0.2, 0.25) is 5.91 Å². The zero-order valence-corrected chi connectivity index (χ0v) is 15.3. The highest BCUT2D eigenvalue weighted by atomic mass is 16.5. The molecular formula is C20H27N3O2. The third-order valence-electron chi connectivity index (χ3n) is 4.88. The lowest BCUT2D eigenvalue weighted by Gasteiger charge is -2.35. The Labute approximate surface area is 149 Å². The monoisotopic (exact) mass is 341 g/mol. The van der Waals surface area contributed by atoms with Crippen LogP contribution in [0.1, 0.15) is 50.4 Å². The second-order valence-electron chi connectivity index (χ2n) is 7.26. The van der Waals surface area contributed by atoms with Gasteiger partial charge in [0, 0.05) is 44.1 Å². The lowest BCUT2D eigenvalue weighted by Crippen LogP contribution is -2.33. The Kier molecular flexibility index (Phi) is 5.23. The number of benzene rings is 1. The molecule has 0 radical (unpaired) electrons. The zero-order chi connectivity index (χ0) is 17.9. The molecule has 1 aliphatic heterocycles. The lowest BCUT2D eigenvalue weighted by atomic mass is 9.87. The number of aromatic nitrogens is 2. The number of nitrogens with zero attached hydrogens (tertiary/aromatic N) is 2. The SMILES string of the molecule is CNC(=O)CCc1ccccc1-n1ccnc1C1CCOC(C)(C)C1. The van der Waals surface area contributed by atoms with Crippen molar-refractivity contribution < 1.29 is 9.53 Å². The van der Waals surface area contributed by atoms with Crippen molar-refractivity contribution in [1.29, 1.82) is 0 Å². The van der Waals surface area contributed by atoms with E-state index in [0.29, 0.717) is 18.8 Å². The molecule has 0 bridgehead atoms. The number of amides is 1. The van der Waals surface area contributed by atoms with Crippen LogP contribution in [0.3, 0.4) is 0 Å². The molecule has 1 aromatic heterocycles. The number of hydrogen-bond acceptors (Lipinski definition) is 3. The Morgan fingerprint density at radius 1 is 1.40 bits per heavy atom. The molecule has 2 aromatic rings. The van der Waals surface area contributed by atoms with Gasteiger partial charge >= 0.3 is 0 Å². The minimum absolute atomic E-state index is 0.0619. The van der Waals surface area contributed by atoms with Crippen LogP contribution in [0.4, 0.5) is 0 Å². The normalized spacial score (nSPS) is 19.6. The highest BCUT2D eigenvalue weighted by Crippen LogP contribution is 2.36. The van der Waals surface area contributed by atoms with Crippen LogP contribution in [-0.2, 0) is 16.0 Å². The molecule has 1 fully saturated rings. The molecular weight excluding hydrogens is 314 g/mol. The largest absolute Gasteiger partial charge is 0.376 e.